The zero-order chi connectivity index (χ0) is 13.0. The van der Waals surface area contributed by atoms with Crippen LogP contribution in [0.15, 0.2) is 42.7 Å². The minimum Gasteiger partial charge on any atom is -0.488 e. The molecule has 0 saturated heterocycles. The fraction of sp³-hybridized carbons (Fsp3) is 0.0769. The maximum absolute atomic E-state index is 13.3. The van der Waals surface area contributed by atoms with Crippen molar-refractivity contribution >= 4 is 5.97 Å². The Bertz CT molecular complexity index is 572. The SMILES string of the molecule is O=C(O)c1cnccc1OCc1ccccc1F. The summed E-state index contributed by atoms with van der Waals surface area (Å²) in [5, 5.41) is 8.92. The quantitative estimate of drug-likeness (QED) is 0.901. The van der Waals surface area contributed by atoms with Crippen molar-refractivity contribution in [3.63, 3.8) is 0 Å². The van der Waals surface area contributed by atoms with Gasteiger partial charge in [-0.15, -0.1) is 0 Å². The smallest absolute Gasteiger partial charge is 0.341 e. The Morgan fingerprint density at radius 2 is 2.11 bits per heavy atom. The topological polar surface area (TPSA) is 59.4 Å². The molecular weight excluding hydrogens is 237 g/mol. The van der Waals surface area contributed by atoms with Gasteiger partial charge in [-0.25, -0.2) is 9.18 Å². The van der Waals surface area contributed by atoms with Crippen LogP contribution < -0.4 is 4.74 Å². The highest BCUT2D eigenvalue weighted by Gasteiger charge is 2.11. The van der Waals surface area contributed by atoms with Crippen LogP contribution in [0, 0.1) is 5.82 Å². The van der Waals surface area contributed by atoms with Crippen LogP contribution in [0.3, 0.4) is 0 Å². The van der Waals surface area contributed by atoms with Crippen molar-refractivity contribution in [2.24, 2.45) is 0 Å². The van der Waals surface area contributed by atoms with Crippen molar-refractivity contribution in [3.05, 3.63) is 59.7 Å². The number of carboxylic acids is 1. The molecule has 0 aliphatic rings. The second kappa shape index (κ2) is 5.27. The highest BCUT2D eigenvalue weighted by Crippen LogP contribution is 2.18. The number of nitrogens with zero attached hydrogens (tertiary/aromatic N) is 1. The molecule has 2 aromatic rings. The van der Waals surface area contributed by atoms with Gasteiger partial charge in [0.15, 0.2) is 0 Å². The summed E-state index contributed by atoms with van der Waals surface area (Å²) in [5.74, 6) is -1.35. The lowest BCUT2D eigenvalue weighted by Crippen LogP contribution is -2.04. The second-order valence-corrected chi connectivity index (χ2v) is 3.56. The van der Waals surface area contributed by atoms with Gasteiger partial charge in [0.1, 0.15) is 23.7 Å². The average molecular weight is 247 g/mol. The van der Waals surface area contributed by atoms with Gasteiger partial charge in [0.05, 0.1) is 0 Å². The summed E-state index contributed by atoms with van der Waals surface area (Å²) in [6.07, 6.45) is 2.61. The van der Waals surface area contributed by atoms with Crippen LogP contribution in [0.25, 0.3) is 0 Å². The highest BCUT2D eigenvalue weighted by atomic mass is 19.1. The monoisotopic (exact) mass is 247 g/mol. The van der Waals surface area contributed by atoms with Crippen LogP contribution in [0.4, 0.5) is 4.39 Å². The number of aromatic carboxylic acids is 1. The van der Waals surface area contributed by atoms with E-state index in [2.05, 4.69) is 4.98 Å². The number of rotatable bonds is 4. The van der Waals surface area contributed by atoms with E-state index in [0.29, 0.717) is 5.56 Å². The number of hydrogen-bond donors (Lipinski definition) is 1. The molecule has 0 fully saturated rings. The zero-order valence-corrected chi connectivity index (χ0v) is 9.34. The van der Waals surface area contributed by atoms with Gasteiger partial charge in [0, 0.05) is 18.0 Å². The van der Waals surface area contributed by atoms with E-state index in [1.54, 1.807) is 18.2 Å². The van der Waals surface area contributed by atoms with Gasteiger partial charge in [-0.05, 0) is 12.1 Å². The molecule has 0 aliphatic heterocycles. The zero-order valence-electron chi connectivity index (χ0n) is 9.34. The normalized spacial score (nSPS) is 10.1. The van der Waals surface area contributed by atoms with Crippen LogP contribution in [0.1, 0.15) is 15.9 Å². The fourth-order valence-corrected chi connectivity index (χ4v) is 1.44. The summed E-state index contributed by atoms with van der Waals surface area (Å²) in [6, 6.07) is 7.60. The number of aromatic nitrogens is 1. The van der Waals surface area contributed by atoms with Gasteiger partial charge >= 0.3 is 5.97 Å². The molecule has 0 spiro atoms. The van der Waals surface area contributed by atoms with E-state index in [1.807, 2.05) is 0 Å². The summed E-state index contributed by atoms with van der Waals surface area (Å²) < 4.78 is 18.6. The van der Waals surface area contributed by atoms with Gasteiger partial charge in [-0.1, -0.05) is 18.2 Å². The van der Waals surface area contributed by atoms with E-state index < -0.39 is 5.97 Å². The third-order valence-corrected chi connectivity index (χ3v) is 2.35. The lowest BCUT2D eigenvalue weighted by atomic mass is 10.2. The van der Waals surface area contributed by atoms with E-state index in [9.17, 15) is 9.18 Å². The van der Waals surface area contributed by atoms with E-state index in [4.69, 9.17) is 9.84 Å². The van der Waals surface area contributed by atoms with E-state index in [-0.39, 0.29) is 23.7 Å². The Labute approximate surface area is 103 Å². The molecule has 0 aliphatic carbocycles. The first-order valence-electron chi connectivity index (χ1n) is 5.22. The Morgan fingerprint density at radius 3 is 2.83 bits per heavy atom. The number of pyridine rings is 1. The molecule has 1 aromatic carbocycles. The number of carbonyl (C=O) groups is 1. The summed E-state index contributed by atoms with van der Waals surface area (Å²) in [5.41, 5.74) is 0.319. The molecule has 1 N–H and O–H groups in total. The van der Waals surface area contributed by atoms with Crippen LogP contribution in [0.2, 0.25) is 0 Å². The van der Waals surface area contributed by atoms with Crippen molar-refractivity contribution in [2.75, 3.05) is 0 Å². The van der Waals surface area contributed by atoms with Crippen LogP contribution in [0.5, 0.6) is 5.75 Å². The van der Waals surface area contributed by atoms with Crippen molar-refractivity contribution in [1.29, 1.82) is 0 Å². The van der Waals surface area contributed by atoms with Crippen molar-refractivity contribution < 1.29 is 19.0 Å². The maximum Gasteiger partial charge on any atom is 0.341 e. The Balaban J connectivity index is 2.16. The number of benzene rings is 1. The first-order chi connectivity index (χ1) is 8.68. The first kappa shape index (κ1) is 12.0. The third kappa shape index (κ3) is 2.63. The maximum atomic E-state index is 13.3. The van der Waals surface area contributed by atoms with E-state index >= 15 is 0 Å². The minimum atomic E-state index is -1.13. The molecule has 18 heavy (non-hydrogen) atoms. The van der Waals surface area contributed by atoms with Crippen molar-refractivity contribution in [2.45, 2.75) is 6.61 Å². The second-order valence-electron chi connectivity index (χ2n) is 3.56. The molecular formula is C13H10FNO3. The number of ether oxygens (including phenoxy) is 1. The summed E-state index contributed by atoms with van der Waals surface area (Å²) in [7, 11) is 0. The number of hydrogen-bond acceptors (Lipinski definition) is 3. The standard InChI is InChI=1S/C13H10FNO3/c14-11-4-2-1-3-9(11)8-18-12-5-6-15-7-10(12)13(16)17/h1-7H,8H2,(H,16,17). The Morgan fingerprint density at radius 1 is 1.33 bits per heavy atom. The fourth-order valence-electron chi connectivity index (χ4n) is 1.44. The van der Waals surface area contributed by atoms with Gasteiger partial charge in [-0.3, -0.25) is 4.98 Å². The molecule has 4 nitrogen and oxygen atoms in total. The molecule has 5 heteroatoms. The molecule has 2 rings (SSSR count). The van der Waals surface area contributed by atoms with E-state index in [1.165, 1.54) is 24.5 Å². The first-order valence-corrected chi connectivity index (χ1v) is 5.22. The predicted molar refractivity (Wildman–Crippen MR) is 61.9 cm³/mol. The Kier molecular flexibility index (Phi) is 3.52. The van der Waals surface area contributed by atoms with Crippen LogP contribution in [-0.2, 0) is 6.61 Å². The molecule has 0 atom stereocenters. The largest absolute Gasteiger partial charge is 0.488 e. The van der Waals surface area contributed by atoms with Crippen molar-refractivity contribution in [1.82, 2.24) is 4.98 Å². The third-order valence-electron chi connectivity index (χ3n) is 2.35. The molecule has 0 amide bonds. The van der Waals surface area contributed by atoms with Gasteiger partial charge in [0.25, 0.3) is 0 Å². The minimum absolute atomic E-state index is 0.0308. The molecule has 92 valence electrons. The molecule has 1 heterocycles. The van der Waals surface area contributed by atoms with Gasteiger partial charge in [0.2, 0.25) is 0 Å². The summed E-state index contributed by atoms with van der Waals surface area (Å²) >= 11 is 0. The molecule has 1 aromatic heterocycles. The molecule has 0 bridgehead atoms. The van der Waals surface area contributed by atoms with Gasteiger partial charge < -0.3 is 9.84 Å². The van der Waals surface area contributed by atoms with Crippen molar-refractivity contribution in [3.8, 4) is 5.75 Å². The number of carboxylic acid groups (broad SMARTS) is 1. The molecule has 0 unspecified atom stereocenters. The van der Waals surface area contributed by atoms with Crippen LogP contribution >= 0.6 is 0 Å². The highest BCUT2D eigenvalue weighted by molar-refractivity contribution is 5.90. The van der Waals surface area contributed by atoms with Gasteiger partial charge in [-0.2, -0.15) is 0 Å². The van der Waals surface area contributed by atoms with Crippen LogP contribution in [-0.4, -0.2) is 16.1 Å². The summed E-state index contributed by atoms with van der Waals surface area (Å²) in [6.45, 7) is -0.0308. The lowest BCUT2D eigenvalue weighted by molar-refractivity contribution is 0.0691. The predicted octanol–water partition coefficient (Wildman–Crippen LogP) is 2.50. The molecule has 0 radical (unpaired) electrons. The average Bonchev–Trinajstić information content (AvgIpc) is 2.38. The van der Waals surface area contributed by atoms with E-state index in [0.717, 1.165) is 0 Å². The Hall–Kier alpha value is -2.43. The number of halogens is 1. The lowest BCUT2D eigenvalue weighted by Gasteiger charge is -2.08. The summed E-state index contributed by atoms with van der Waals surface area (Å²) in [4.78, 5) is 14.6. The molecule has 0 saturated carbocycles.